The van der Waals surface area contributed by atoms with Crippen molar-refractivity contribution in [3.05, 3.63) is 28.8 Å². The van der Waals surface area contributed by atoms with Gasteiger partial charge in [0.1, 0.15) is 0 Å². The highest BCUT2D eigenvalue weighted by Gasteiger charge is 2.11. The van der Waals surface area contributed by atoms with E-state index in [0.717, 1.165) is 10.7 Å². The molecule has 0 amide bonds. The summed E-state index contributed by atoms with van der Waals surface area (Å²) in [4.78, 5) is 2.09. The van der Waals surface area contributed by atoms with Gasteiger partial charge in [0, 0.05) is 23.8 Å². The van der Waals surface area contributed by atoms with Gasteiger partial charge in [-0.15, -0.1) is 0 Å². The second-order valence-electron chi connectivity index (χ2n) is 3.75. The summed E-state index contributed by atoms with van der Waals surface area (Å²) < 4.78 is 0. The van der Waals surface area contributed by atoms with Crippen LogP contribution in [0.25, 0.3) is 0 Å². The Hall–Kier alpha value is -1.20. The summed E-state index contributed by atoms with van der Waals surface area (Å²) in [6.07, 6.45) is 0.516. The average molecular weight is 223 g/mol. The first-order valence-corrected chi connectivity index (χ1v) is 5.30. The molecule has 0 radical (unpaired) electrons. The number of nitriles is 1. The summed E-state index contributed by atoms with van der Waals surface area (Å²) in [6.45, 7) is 4.07. The molecule has 0 spiro atoms. The van der Waals surface area contributed by atoms with Crippen molar-refractivity contribution in [3.63, 3.8) is 0 Å². The van der Waals surface area contributed by atoms with E-state index in [9.17, 15) is 0 Å². The molecule has 0 aliphatic rings. The van der Waals surface area contributed by atoms with Crippen LogP contribution in [0.1, 0.15) is 18.9 Å². The molecule has 1 atom stereocenters. The highest BCUT2D eigenvalue weighted by Crippen LogP contribution is 2.25. The molecule has 0 saturated heterocycles. The van der Waals surface area contributed by atoms with Crippen LogP contribution in [-0.2, 0) is 0 Å². The molecule has 0 aromatic heterocycles. The van der Waals surface area contributed by atoms with E-state index >= 15 is 0 Å². The molecule has 80 valence electrons. The molecule has 0 aliphatic heterocycles. The molecule has 0 saturated carbocycles. The van der Waals surface area contributed by atoms with Crippen molar-refractivity contribution < 1.29 is 0 Å². The molecule has 0 N–H and O–H groups in total. The van der Waals surface area contributed by atoms with Crippen LogP contribution in [0.5, 0.6) is 0 Å². The van der Waals surface area contributed by atoms with E-state index in [4.69, 9.17) is 16.9 Å². The van der Waals surface area contributed by atoms with Crippen molar-refractivity contribution in [2.45, 2.75) is 26.3 Å². The molecule has 1 rings (SSSR count). The maximum atomic E-state index is 8.65. The molecule has 15 heavy (non-hydrogen) atoms. The fourth-order valence-corrected chi connectivity index (χ4v) is 1.64. The molecule has 0 fully saturated rings. The molecule has 1 aromatic carbocycles. The third-order valence-electron chi connectivity index (χ3n) is 2.60. The number of nitrogens with zero attached hydrogens (tertiary/aromatic N) is 2. The van der Waals surface area contributed by atoms with Gasteiger partial charge in [0.2, 0.25) is 0 Å². The highest BCUT2D eigenvalue weighted by atomic mass is 35.5. The third kappa shape index (κ3) is 2.87. The van der Waals surface area contributed by atoms with E-state index < -0.39 is 0 Å². The van der Waals surface area contributed by atoms with Crippen LogP contribution in [0, 0.1) is 18.3 Å². The zero-order valence-corrected chi connectivity index (χ0v) is 10.0. The normalized spacial score (nSPS) is 11.9. The van der Waals surface area contributed by atoms with Crippen molar-refractivity contribution in [2.24, 2.45) is 0 Å². The largest absolute Gasteiger partial charge is 0.371 e. The van der Waals surface area contributed by atoms with Crippen LogP contribution in [0.15, 0.2) is 18.2 Å². The Balaban J connectivity index is 2.95. The lowest BCUT2D eigenvalue weighted by Gasteiger charge is -2.27. The van der Waals surface area contributed by atoms with Gasteiger partial charge >= 0.3 is 0 Å². The lowest BCUT2D eigenvalue weighted by atomic mass is 10.1. The van der Waals surface area contributed by atoms with E-state index in [-0.39, 0.29) is 6.04 Å². The number of halogens is 1. The van der Waals surface area contributed by atoms with Crippen molar-refractivity contribution in [2.75, 3.05) is 11.9 Å². The van der Waals surface area contributed by atoms with Crippen LogP contribution in [0.4, 0.5) is 5.69 Å². The van der Waals surface area contributed by atoms with Crippen molar-refractivity contribution >= 4 is 17.3 Å². The number of benzene rings is 1. The lowest BCUT2D eigenvalue weighted by Crippen LogP contribution is -2.28. The average Bonchev–Trinajstić information content (AvgIpc) is 2.21. The topological polar surface area (TPSA) is 27.0 Å². The standard InChI is InChI=1S/C12H15ClN2/c1-9-4-5-11(13)8-12(9)15(3)10(2)6-7-14/h4-5,8,10H,6H2,1-3H3. The fraction of sp³-hybridized carbons (Fsp3) is 0.417. The zero-order chi connectivity index (χ0) is 11.4. The summed E-state index contributed by atoms with van der Waals surface area (Å²) in [5.41, 5.74) is 2.26. The minimum Gasteiger partial charge on any atom is -0.371 e. The van der Waals surface area contributed by atoms with Crippen LogP contribution < -0.4 is 4.90 Å². The van der Waals surface area contributed by atoms with Gasteiger partial charge < -0.3 is 4.90 Å². The monoisotopic (exact) mass is 222 g/mol. The minimum absolute atomic E-state index is 0.201. The molecule has 3 heteroatoms. The summed E-state index contributed by atoms with van der Waals surface area (Å²) in [5, 5.41) is 9.38. The number of hydrogen-bond acceptors (Lipinski definition) is 2. The van der Waals surface area contributed by atoms with Gasteiger partial charge in [0.05, 0.1) is 12.5 Å². The quantitative estimate of drug-likeness (QED) is 0.784. The Labute approximate surface area is 96.1 Å². The first kappa shape index (κ1) is 11.9. The first-order chi connectivity index (χ1) is 7.06. The Morgan fingerprint density at radius 1 is 1.53 bits per heavy atom. The molecular formula is C12H15ClN2. The van der Waals surface area contributed by atoms with Crippen LogP contribution in [-0.4, -0.2) is 13.1 Å². The Morgan fingerprint density at radius 3 is 2.80 bits per heavy atom. The molecular weight excluding hydrogens is 208 g/mol. The van der Waals surface area contributed by atoms with Gasteiger partial charge in [0.25, 0.3) is 0 Å². The van der Waals surface area contributed by atoms with Gasteiger partial charge in [-0.1, -0.05) is 17.7 Å². The SMILES string of the molecule is Cc1ccc(Cl)cc1N(C)C(C)CC#N. The molecule has 0 bridgehead atoms. The molecule has 0 heterocycles. The van der Waals surface area contributed by atoms with Gasteiger partial charge in [-0.3, -0.25) is 0 Å². The zero-order valence-electron chi connectivity index (χ0n) is 9.29. The van der Waals surface area contributed by atoms with Crippen LogP contribution in [0.2, 0.25) is 5.02 Å². The number of aryl methyl sites for hydroxylation is 1. The highest BCUT2D eigenvalue weighted by molar-refractivity contribution is 6.30. The minimum atomic E-state index is 0.201. The number of anilines is 1. The van der Waals surface area contributed by atoms with Gasteiger partial charge in [0.15, 0.2) is 0 Å². The first-order valence-electron chi connectivity index (χ1n) is 4.92. The third-order valence-corrected chi connectivity index (χ3v) is 2.83. The van der Waals surface area contributed by atoms with Crippen molar-refractivity contribution in [1.82, 2.24) is 0 Å². The van der Waals surface area contributed by atoms with E-state index in [1.165, 1.54) is 5.56 Å². The van der Waals surface area contributed by atoms with Crippen molar-refractivity contribution in [3.8, 4) is 6.07 Å². The van der Waals surface area contributed by atoms with E-state index in [0.29, 0.717) is 6.42 Å². The number of hydrogen-bond donors (Lipinski definition) is 0. The van der Waals surface area contributed by atoms with Crippen LogP contribution in [0.3, 0.4) is 0 Å². The fourth-order valence-electron chi connectivity index (χ4n) is 1.47. The predicted molar refractivity (Wildman–Crippen MR) is 64.3 cm³/mol. The second kappa shape index (κ2) is 5.04. The smallest absolute Gasteiger partial charge is 0.0643 e. The second-order valence-corrected chi connectivity index (χ2v) is 4.19. The van der Waals surface area contributed by atoms with E-state index in [2.05, 4.69) is 11.0 Å². The number of rotatable bonds is 3. The Kier molecular flexibility index (Phi) is 3.99. The molecule has 0 aliphatic carbocycles. The van der Waals surface area contributed by atoms with Gasteiger partial charge in [-0.2, -0.15) is 5.26 Å². The Morgan fingerprint density at radius 2 is 2.20 bits per heavy atom. The molecule has 1 aromatic rings. The summed E-state index contributed by atoms with van der Waals surface area (Å²) >= 11 is 5.95. The predicted octanol–water partition coefficient (Wildman–Crippen LogP) is 3.39. The summed E-state index contributed by atoms with van der Waals surface area (Å²) in [7, 11) is 1.99. The maximum absolute atomic E-state index is 8.65. The maximum Gasteiger partial charge on any atom is 0.0643 e. The Bertz CT molecular complexity index is 382. The van der Waals surface area contributed by atoms with Crippen molar-refractivity contribution in [1.29, 1.82) is 5.26 Å². The van der Waals surface area contributed by atoms with E-state index in [1.807, 2.05) is 39.1 Å². The summed E-state index contributed by atoms with van der Waals surface area (Å²) in [5.74, 6) is 0. The summed E-state index contributed by atoms with van der Waals surface area (Å²) in [6, 6.07) is 8.19. The van der Waals surface area contributed by atoms with Gasteiger partial charge in [-0.25, -0.2) is 0 Å². The van der Waals surface area contributed by atoms with E-state index in [1.54, 1.807) is 0 Å². The van der Waals surface area contributed by atoms with Crippen LogP contribution >= 0.6 is 11.6 Å². The van der Waals surface area contributed by atoms with Gasteiger partial charge in [-0.05, 0) is 31.5 Å². The molecule has 1 unspecified atom stereocenters. The lowest BCUT2D eigenvalue weighted by molar-refractivity contribution is 0.701. The molecule has 2 nitrogen and oxygen atoms in total.